The number of nitrogen functional groups attached to an aromatic ring is 1. The van der Waals surface area contributed by atoms with Gasteiger partial charge in [-0.15, -0.1) is 0 Å². The van der Waals surface area contributed by atoms with E-state index in [9.17, 15) is 38.4 Å². The maximum Gasteiger partial charge on any atom is 0.408 e. The second-order valence-electron chi connectivity index (χ2n) is 15.8. The molecule has 0 aliphatic carbocycles. The predicted octanol–water partition coefficient (Wildman–Crippen LogP) is 6.41. The van der Waals surface area contributed by atoms with Crippen LogP contribution in [0.15, 0.2) is 24.3 Å². The minimum Gasteiger partial charge on any atom is -0.480 e. The van der Waals surface area contributed by atoms with Crippen molar-refractivity contribution in [1.82, 2.24) is 21.3 Å². The molecule has 0 saturated carbocycles. The van der Waals surface area contributed by atoms with Crippen molar-refractivity contribution in [2.75, 3.05) is 45.2 Å². The molecule has 10 N–H and O–H groups in total. The van der Waals surface area contributed by atoms with Crippen LogP contribution >= 0.6 is 21.4 Å². The van der Waals surface area contributed by atoms with Gasteiger partial charge in [0.2, 0.25) is 26.9 Å². The van der Waals surface area contributed by atoms with Crippen LogP contribution in [0, 0.1) is 5.92 Å². The largest absolute Gasteiger partial charge is 0.480 e. The Labute approximate surface area is 429 Å². The van der Waals surface area contributed by atoms with E-state index in [4.69, 9.17) is 40.1 Å². The van der Waals surface area contributed by atoms with Crippen molar-refractivity contribution < 1.29 is 67.0 Å². The first-order chi connectivity index (χ1) is 31.8. The summed E-state index contributed by atoms with van der Waals surface area (Å²) < 4.78 is 24.0. The van der Waals surface area contributed by atoms with Crippen molar-refractivity contribution in [2.45, 2.75) is 172 Å². The Morgan fingerprint density at radius 3 is 1.50 bits per heavy atom. The number of carbonyl (C=O) groups excluding carboxylic acids is 7. The number of aliphatic hydroxyl groups excluding tert-OH is 1. The number of aryl methyl sites for hydroxylation is 1. The van der Waals surface area contributed by atoms with Gasteiger partial charge in [0, 0.05) is 86.9 Å². The van der Waals surface area contributed by atoms with Gasteiger partial charge >= 0.3 is 24.0 Å². The van der Waals surface area contributed by atoms with Crippen molar-refractivity contribution in [2.24, 2.45) is 11.7 Å². The second-order valence-corrected chi connectivity index (χ2v) is 18.3. The number of amides is 4. The van der Waals surface area contributed by atoms with Gasteiger partial charge in [0.05, 0.1) is 19.1 Å². The number of nitrogens with one attached hydrogen (secondary N) is 4. The number of hydrogen-bond acceptors (Lipinski definition) is 15. The Morgan fingerprint density at radius 2 is 1.11 bits per heavy atom. The Bertz CT molecular complexity index is 1600. The second kappa shape index (κ2) is 49.4. The zero-order valence-electron chi connectivity index (χ0n) is 41.4. The van der Waals surface area contributed by atoms with Gasteiger partial charge in [-0.05, 0) is 117 Å². The van der Waals surface area contributed by atoms with Crippen LogP contribution in [0.2, 0.25) is 0 Å². The first-order valence-corrected chi connectivity index (χ1v) is 25.3. The van der Waals surface area contributed by atoms with E-state index in [1.54, 1.807) is 41.5 Å². The van der Waals surface area contributed by atoms with E-state index in [1.807, 2.05) is 24.3 Å². The lowest BCUT2D eigenvalue weighted by Crippen LogP contribution is -2.43. The number of ether oxygens (including phenoxy) is 3. The number of aliphatic carboxylic acids is 1. The molecule has 410 valence electrons. The number of nitrogens with two attached hydrogens (primary N) is 2. The molecule has 0 radical (unpaired) electrons. The first-order valence-electron chi connectivity index (χ1n) is 22.5. The van der Waals surface area contributed by atoms with Crippen LogP contribution in [0.5, 0.6) is 0 Å². The molecule has 3 atom stereocenters. The van der Waals surface area contributed by atoms with Crippen molar-refractivity contribution in [1.29, 1.82) is 0 Å². The average molecular weight is 1060 g/mol. The normalized spacial score (nSPS) is 11.2. The van der Waals surface area contributed by atoms with E-state index in [2.05, 4.69) is 42.6 Å². The summed E-state index contributed by atoms with van der Waals surface area (Å²) in [7, 11) is 7.36. The summed E-state index contributed by atoms with van der Waals surface area (Å²) in [6.07, 6.45) is 6.35. The molecule has 0 aliphatic heterocycles. The number of halogens is 2. The smallest absolute Gasteiger partial charge is 0.408 e. The molecule has 0 unspecified atom stereocenters. The van der Waals surface area contributed by atoms with Crippen LogP contribution < -0.4 is 32.7 Å². The molecule has 0 heterocycles. The van der Waals surface area contributed by atoms with Crippen LogP contribution in [0.1, 0.15) is 153 Å². The summed E-state index contributed by atoms with van der Waals surface area (Å²) >= 11 is 0. The van der Waals surface area contributed by atoms with Crippen molar-refractivity contribution >= 4 is 83.8 Å². The maximum atomic E-state index is 12.3. The SMILES string of the molecule is C.C.CC(=O)NCCCC[C@@H](NC(=O)OC(C)(C)C)C(=O)O.CCO.CCOC(=O)[C@@H](CCCCNC(C)=O)CC(=O)CCc1ccc(N)cc1.CCOC(=O)[C@H](N)CCCCNC(C)=O.O=S(Cl)Cl. The fourth-order valence-corrected chi connectivity index (χ4v) is 5.25. The molecule has 0 fully saturated rings. The summed E-state index contributed by atoms with van der Waals surface area (Å²) in [5.41, 5.74) is 12.3. The van der Waals surface area contributed by atoms with E-state index in [1.165, 1.54) is 20.8 Å². The number of benzene rings is 1. The van der Waals surface area contributed by atoms with Crippen molar-refractivity contribution in [3.8, 4) is 0 Å². The molecule has 20 nitrogen and oxygen atoms in total. The Kier molecular flexibility index (Phi) is 54.3. The molecule has 0 spiro atoms. The van der Waals surface area contributed by atoms with Gasteiger partial charge in [-0.25, -0.2) is 13.8 Å². The lowest BCUT2D eigenvalue weighted by atomic mass is 9.94. The molecule has 23 heteroatoms. The molecule has 0 bridgehead atoms. The molecule has 0 saturated heterocycles. The first kappa shape index (κ1) is 76.9. The molecule has 4 amide bonds. The molecular formula is C47H88Cl2N6O14S. The fourth-order valence-electron chi connectivity index (χ4n) is 5.25. The third kappa shape index (κ3) is 57.7. The van der Waals surface area contributed by atoms with Crippen LogP contribution in [-0.4, -0.2) is 119 Å². The molecule has 70 heavy (non-hydrogen) atoms. The minimum absolute atomic E-state index is 0. The number of anilines is 1. The van der Waals surface area contributed by atoms with Gasteiger partial charge in [-0.2, -0.15) is 0 Å². The van der Waals surface area contributed by atoms with Crippen LogP contribution in [0.25, 0.3) is 0 Å². The van der Waals surface area contributed by atoms with E-state index in [-0.39, 0.29) is 69.7 Å². The highest BCUT2D eigenvalue weighted by Gasteiger charge is 2.24. The number of hydrogen-bond donors (Lipinski definition) is 8. The van der Waals surface area contributed by atoms with Crippen LogP contribution in [-0.2, 0) is 63.4 Å². The highest BCUT2D eigenvalue weighted by molar-refractivity contribution is 8.26. The standard InChI is InChI=1S/C20H30N2O4.C13H24N2O5.C10H20N2O3.C2H6O.2CH4.Cl2OS/c1-3-26-20(25)17(6-4-5-13-22-15(2)23)14-19(24)12-9-16-7-10-18(21)11-8-16;1-9(16)14-8-6-5-7-10(11(17)18)15-12(19)20-13(2,3)4;1-3-15-10(14)9(11)6-4-5-7-12-8(2)13;1-2-3;;;1-4(2)3/h7-8,10-11,17H,3-6,9,12-14,21H2,1-2H3,(H,22,23);10H,5-8H2,1-4H3,(H,14,16)(H,15,19)(H,17,18);9H,3-7,11H2,1-2H3,(H,12,13);3H,2H2,1H3;2*1H4;/t17-;10-;9-;;;;/m011..../s1. The number of carboxylic acids is 1. The summed E-state index contributed by atoms with van der Waals surface area (Å²) in [6, 6.07) is 5.93. The van der Waals surface area contributed by atoms with Crippen LogP contribution in [0.3, 0.4) is 0 Å². The molecule has 1 aromatic rings. The Hall–Kier alpha value is -4.57. The zero-order chi connectivity index (χ0) is 53.1. The van der Waals surface area contributed by atoms with Gasteiger partial charge in [0.1, 0.15) is 23.5 Å². The van der Waals surface area contributed by atoms with Gasteiger partial charge in [0.25, 0.3) is 0 Å². The number of ketones is 1. The highest BCUT2D eigenvalue weighted by atomic mass is 36.0. The summed E-state index contributed by atoms with van der Waals surface area (Å²) in [5.74, 6) is -2.34. The van der Waals surface area contributed by atoms with Crippen LogP contribution in [0.4, 0.5) is 10.5 Å². The van der Waals surface area contributed by atoms with Crippen molar-refractivity contribution in [3.05, 3.63) is 29.8 Å². The lowest BCUT2D eigenvalue weighted by molar-refractivity contribution is -0.150. The molecular weight excluding hydrogens is 976 g/mol. The number of aliphatic hydroxyl groups is 1. The highest BCUT2D eigenvalue weighted by Crippen LogP contribution is 2.18. The minimum atomic E-state index is -1.67. The summed E-state index contributed by atoms with van der Waals surface area (Å²) in [5, 5.41) is 26.9. The number of esters is 2. The lowest BCUT2D eigenvalue weighted by Gasteiger charge is -2.22. The fraction of sp³-hybridized carbons (Fsp3) is 0.702. The molecule has 1 aromatic carbocycles. The summed E-state index contributed by atoms with van der Waals surface area (Å²) in [6.45, 7) is 17.3. The van der Waals surface area contributed by atoms with E-state index >= 15 is 0 Å². The third-order valence-electron chi connectivity index (χ3n) is 8.31. The van der Waals surface area contributed by atoms with E-state index in [0.29, 0.717) is 77.1 Å². The number of rotatable bonds is 26. The van der Waals surface area contributed by atoms with Gasteiger partial charge in [-0.1, -0.05) is 33.4 Å². The number of carboxylic acid groups (broad SMARTS) is 1. The topological polar surface area (TPSA) is 322 Å². The zero-order valence-corrected chi connectivity index (χ0v) is 43.7. The van der Waals surface area contributed by atoms with E-state index in [0.717, 1.165) is 31.2 Å². The molecule has 0 aliphatic rings. The third-order valence-corrected chi connectivity index (χ3v) is 8.31. The Balaban J connectivity index is -0.000000208. The number of Topliss-reactive ketones (excluding diaryl/α,β-unsaturated/α-hetero) is 1. The van der Waals surface area contributed by atoms with Crippen molar-refractivity contribution in [3.63, 3.8) is 0 Å². The van der Waals surface area contributed by atoms with E-state index < -0.39 is 44.9 Å². The summed E-state index contributed by atoms with van der Waals surface area (Å²) in [4.78, 5) is 90.0. The molecule has 1 rings (SSSR count). The van der Waals surface area contributed by atoms with Gasteiger partial charge in [0.15, 0.2) is 0 Å². The number of alkyl carbamates (subject to hydrolysis) is 1. The quantitative estimate of drug-likeness (QED) is 0.0163. The van der Waals surface area contributed by atoms with Gasteiger partial charge in [-0.3, -0.25) is 28.8 Å². The number of carbonyl (C=O) groups is 8. The predicted molar refractivity (Wildman–Crippen MR) is 278 cm³/mol. The maximum absolute atomic E-state index is 12.3. The Morgan fingerprint density at radius 1 is 0.714 bits per heavy atom. The average Bonchev–Trinajstić information content (AvgIpc) is 3.22. The number of unbranched alkanes of at least 4 members (excludes halogenated alkanes) is 3. The molecule has 0 aromatic heterocycles. The van der Waals surface area contributed by atoms with Gasteiger partial charge < -0.3 is 57.2 Å². The monoisotopic (exact) mass is 1060 g/mol.